The molecule has 0 spiro atoms. The fourth-order valence-electron chi connectivity index (χ4n) is 3.37. The van der Waals surface area contributed by atoms with Crippen molar-refractivity contribution in [1.29, 1.82) is 5.26 Å². The number of unbranched alkanes of at least 4 members (excludes halogenated alkanes) is 11. The molecule has 1 atom stereocenters. The van der Waals surface area contributed by atoms with Crippen molar-refractivity contribution in [3.8, 4) is 6.07 Å². The predicted octanol–water partition coefficient (Wildman–Crippen LogP) is 6.42. The minimum atomic E-state index is -3.51. The van der Waals surface area contributed by atoms with Gasteiger partial charge in [0.1, 0.15) is 0 Å². The Balaban J connectivity index is 4.68. The summed E-state index contributed by atoms with van der Waals surface area (Å²) >= 11 is 0. The number of rotatable bonds is 19. The molecule has 0 amide bonds. The molecule has 0 fully saturated rings. The van der Waals surface area contributed by atoms with Crippen molar-refractivity contribution in [3.63, 3.8) is 0 Å². The quantitative estimate of drug-likeness (QED) is 0.235. The van der Waals surface area contributed by atoms with Crippen LogP contribution < -0.4 is 0 Å². The summed E-state index contributed by atoms with van der Waals surface area (Å²) < 4.78 is 27.7. The van der Waals surface area contributed by atoms with E-state index in [0.29, 0.717) is 19.5 Å². The molecule has 5 heteroatoms. The van der Waals surface area contributed by atoms with Gasteiger partial charge in [-0.15, -0.1) is 0 Å². The molecule has 0 rings (SSSR count). The van der Waals surface area contributed by atoms with Crippen LogP contribution in [0.15, 0.2) is 0 Å². The molecular formula is C22H44N2O2S. The maximum Gasteiger partial charge on any atom is 0.230 e. The van der Waals surface area contributed by atoms with Crippen molar-refractivity contribution >= 4 is 10.0 Å². The van der Waals surface area contributed by atoms with E-state index >= 15 is 0 Å². The normalized spacial score (nSPS) is 13.0. The Bertz CT molecular complexity index is 459. The topological polar surface area (TPSA) is 61.2 Å². The van der Waals surface area contributed by atoms with Crippen molar-refractivity contribution in [1.82, 2.24) is 4.31 Å². The van der Waals surface area contributed by atoms with Gasteiger partial charge in [0.15, 0.2) is 5.25 Å². The van der Waals surface area contributed by atoms with E-state index in [9.17, 15) is 13.7 Å². The lowest BCUT2D eigenvalue weighted by molar-refractivity contribution is 0.381. The first-order valence-electron chi connectivity index (χ1n) is 11.4. The zero-order chi connectivity index (χ0) is 20.4. The van der Waals surface area contributed by atoms with Crippen LogP contribution in [0.3, 0.4) is 0 Å². The minimum absolute atomic E-state index is 0.478. The van der Waals surface area contributed by atoms with Gasteiger partial charge in [-0.2, -0.15) is 5.26 Å². The molecule has 0 aliphatic heterocycles. The number of sulfonamides is 1. The Morgan fingerprint density at radius 1 is 0.704 bits per heavy atom. The third-order valence-electron chi connectivity index (χ3n) is 5.21. The summed E-state index contributed by atoms with van der Waals surface area (Å²) in [6, 6.07) is 2.10. The first-order chi connectivity index (χ1) is 13.0. The highest BCUT2D eigenvalue weighted by Gasteiger charge is 2.31. The molecule has 0 aliphatic rings. The van der Waals surface area contributed by atoms with Crippen LogP contribution in [0.1, 0.15) is 117 Å². The fraction of sp³-hybridized carbons (Fsp3) is 0.955. The molecule has 0 saturated heterocycles. The zero-order valence-corrected chi connectivity index (χ0v) is 19.0. The third-order valence-corrected chi connectivity index (χ3v) is 7.35. The van der Waals surface area contributed by atoms with E-state index in [1.54, 1.807) is 4.31 Å². The Labute approximate surface area is 169 Å². The second-order valence-corrected chi connectivity index (χ2v) is 9.85. The molecule has 0 aromatic rings. The molecule has 1 unspecified atom stereocenters. The average molecular weight is 401 g/mol. The summed E-state index contributed by atoms with van der Waals surface area (Å²) in [6.07, 6.45) is 15.6. The van der Waals surface area contributed by atoms with Crippen LogP contribution in [-0.2, 0) is 10.0 Å². The van der Waals surface area contributed by atoms with Crippen molar-refractivity contribution in [2.45, 2.75) is 122 Å². The second-order valence-electron chi connectivity index (χ2n) is 7.74. The lowest BCUT2D eigenvalue weighted by Gasteiger charge is -2.25. The van der Waals surface area contributed by atoms with E-state index in [1.165, 1.54) is 19.3 Å². The molecular weight excluding hydrogens is 356 g/mol. The Morgan fingerprint density at radius 3 is 1.56 bits per heavy atom. The average Bonchev–Trinajstić information content (AvgIpc) is 2.65. The Hall–Kier alpha value is -0.600. The smallest absolute Gasteiger partial charge is 0.211 e. The van der Waals surface area contributed by atoms with Gasteiger partial charge in [-0.3, -0.25) is 0 Å². The molecule has 4 nitrogen and oxygen atoms in total. The highest BCUT2D eigenvalue weighted by atomic mass is 32.2. The highest BCUT2D eigenvalue weighted by Crippen LogP contribution is 2.19. The SMILES string of the molecule is CCCCCCCCC(C#N)S(=O)(=O)N(CCCCCC)CCCCCC. The molecule has 0 aromatic carbocycles. The van der Waals surface area contributed by atoms with Gasteiger partial charge in [-0.25, -0.2) is 12.7 Å². The summed E-state index contributed by atoms with van der Waals surface area (Å²) in [5.41, 5.74) is 0. The zero-order valence-electron chi connectivity index (χ0n) is 18.2. The third kappa shape index (κ3) is 12.5. The van der Waals surface area contributed by atoms with E-state index in [1.807, 2.05) is 0 Å². The van der Waals surface area contributed by atoms with Gasteiger partial charge in [0.05, 0.1) is 6.07 Å². The van der Waals surface area contributed by atoms with E-state index in [0.717, 1.165) is 70.6 Å². The standard InChI is InChI=1S/C22H44N2O2S/c1-4-7-10-13-14-15-18-22(21-23)27(25,26)24(19-16-11-8-5-2)20-17-12-9-6-3/h22H,4-20H2,1-3H3. The number of nitrogens with zero attached hydrogens (tertiary/aromatic N) is 2. The summed E-state index contributed by atoms with van der Waals surface area (Å²) in [5, 5.41) is 8.64. The lowest BCUT2D eigenvalue weighted by atomic mass is 10.1. The van der Waals surface area contributed by atoms with Crippen molar-refractivity contribution < 1.29 is 8.42 Å². The van der Waals surface area contributed by atoms with Crippen LogP contribution in [0.4, 0.5) is 0 Å². The number of nitriles is 1. The monoisotopic (exact) mass is 400 g/mol. The van der Waals surface area contributed by atoms with Crippen molar-refractivity contribution in [3.05, 3.63) is 0 Å². The highest BCUT2D eigenvalue weighted by molar-refractivity contribution is 7.90. The van der Waals surface area contributed by atoms with Gasteiger partial charge < -0.3 is 0 Å². The maximum atomic E-state index is 13.1. The molecule has 0 aromatic heterocycles. The summed E-state index contributed by atoms with van der Waals surface area (Å²) in [5.74, 6) is 0. The van der Waals surface area contributed by atoms with Crippen LogP contribution in [0.5, 0.6) is 0 Å². The van der Waals surface area contributed by atoms with Crippen LogP contribution in [0, 0.1) is 11.3 Å². The van der Waals surface area contributed by atoms with Gasteiger partial charge in [0.25, 0.3) is 0 Å². The van der Waals surface area contributed by atoms with E-state index in [-0.39, 0.29) is 0 Å². The van der Waals surface area contributed by atoms with Gasteiger partial charge in [-0.05, 0) is 19.3 Å². The molecule has 0 N–H and O–H groups in total. The van der Waals surface area contributed by atoms with E-state index in [2.05, 4.69) is 26.8 Å². The largest absolute Gasteiger partial charge is 0.230 e. The van der Waals surface area contributed by atoms with Crippen LogP contribution >= 0.6 is 0 Å². The molecule has 0 heterocycles. The van der Waals surface area contributed by atoms with E-state index in [4.69, 9.17) is 0 Å². The lowest BCUT2D eigenvalue weighted by Crippen LogP contribution is -2.39. The Morgan fingerprint density at radius 2 is 1.11 bits per heavy atom. The number of hydrogen-bond donors (Lipinski definition) is 0. The fourth-order valence-corrected chi connectivity index (χ4v) is 5.09. The maximum absolute atomic E-state index is 13.1. The summed E-state index contributed by atoms with van der Waals surface area (Å²) in [6.45, 7) is 7.65. The predicted molar refractivity (Wildman–Crippen MR) is 116 cm³/mol. The molecule has 27 heavy (non-hydrogen) atoms. The van der Waals surface area contributed by atoms with Gasteiger partial charge in [0.2, 0.25) is 10.0 Å². The van der Waals surface area contributed by atoms with Gasteiger partial charge in [-0.1, -0.05) is 97.8 Å². The molecule has 0 radical (unpaired) electrons. The molecule has 160 valence electrons. The van der Waals surface area contributed by atoms with Crippen LogP contribution in [0.25, 0.3) is 0 Å². The minimum Gasteiger partial charge on any atom is -0.211 e. The molecule has 0 saturated carbocycles. The Kier molecular flexibility index (Phi) is 17.1. The first kappa shape index (κ1) is 26.4. The van der Waals surface area contributed by atoms with Gasteiger partial charge in [0, 0.05) is 13.1 Å². The molecule has 0 aliphatic carbocycles. The first-order valence-corrected chi connectivity index (χ1v) is 12.9. The van der Waals surface area contributed by atoms with Crippen LogP contribution in [-0.4, -0.2) is 31.1 Å². The van der Waals surface area contributed by atoms with Crippen molar-refractivity contribution in [2.75, 3.05) is 13.1 Å². The van der Waals surface area contributed by atoms with Crippen LogP contribution in [0.2, 0.25) is 0 Å². The van der Waals surface area contributed by atoms with E-state index < -0.39 is 15.3 Å². The van der Waals surface area contributed by atoms with Gasteiger partial charge >= 0.3 is 0 Å². The van der Waals surface area contributed by atoms with Crippen molar-refractivity contribution in [2.24, 2.45) is 0 Å². The summed E-state index contributed by atoms with van der Waals surface area (Å²) in [4.78, 5) is 0. The summed E-state index contributed by atoms with van der Waals surface area (Å²) in [7, 11) is -3.51. The molecule has 0 bridgehead atoms. The number of hydrogen-bond acceptors (Lipinski definition) is 3. The second kappa shape index (κ2) is 17.5.